The highest BCUT2D eigenvalue weighted by molar-refractivity contribution is 6.01. The number of nitrogens with one attached hydrogen (secondary N) is 1. The fourth-order valence-electron chi connectivity index (χ4n) is 7.02. The minimum absolute atomic E-state index is 0.00586. The second-order valence-electron chi connectivity index (χ2n) is 14.0. The molecule has 0 bridgehead atoms. The van der Waals surface area contributed by atoms with E-state index in [0.717, 1.165) is 46.3 Å². The Bertz CT molecular complexity index is 2220. The van der Waals surface area contributed by atoms with Crippen molar-refractivity contribution in [3.63, 3.8) is 0 Å². The van der Waals surface area contributed by atoms with Gasteiger partial charge in [0.25, 0.3) is 5.91 Å². The molecule has 2 aromatic heterocycles. The van der Waals surface area contributed by atoms with Gasteiger partial charge < -0.3 is 19.7 Å². The maximum atomic E-state index is 15.5. The number of nitrogens with zero attached hydrogens (tertiary/aromatic N) is 7. The van der Waals surface area contributed by atoms with Gasteiger partial charge in [-0.15, -0.1) is 0 Å². The first-order chi connectivity index (χ1) is 25.8. The molecular formula is C36H32F8N8O3. The van der Waals surface area contributed by atoms with Crippen molar-refractivity contribution in [1.29, 1.82) is 5.26 Å². The minimum atomic E-state index is -4.85. The molecule has 0 radical (unpaired) electrons. The molecule has 2 atom stereocenters. The van der Waals surface area contributed by atoms with Crippen LogP contribution in [0.25, 0.3) is 11.1 Å². The number of benzene rings is 2. The third-order valence-electron chi connectivity index (χ3n) is 9.67. The normalized spacial score (nSPS) is 16.8. The largest absolute Gasteiger partial charge is 0.434 e. The van der Waals surface area contributed by atoms with Crippen molar-refractivity contribution in [3.05, 3.63) is 94.1 Å². The molecule has 19 heteroatoms. The van der Waals surface area contributed by atoms with Gasteiger partial charge in [-0.05, 0) is 61.6 Å². The second-order valence-corrected chi connectivity index (χ2v) is 14.0. The highest BCUT2D eigenvalue weighted by Crippen LogP contribution is 2.36. The van der Waals surface area contributed by atoms with Crippen LogP contribution < -0.4 is 5.32 Å². The predicted molar refractivity (Wildman–Crippen MR) is 177 cm³/mol. The van der Waals surface area contributed by atoms with Crippen LogP contribution in [-0.2, 0) is 35.0 Å². The summed E-state index contributed by atoms with van der Waals surface area (Å²) in [7, 11) is 1.51. The molecule has 2 aromatic carbocycles. The zero-order valence-electron chi connectivity index (χ0n) is 29.4. The maximum Gasteiger partial charge on any atom is 0.434 e. The molecule has 2 unspecified atom stereocenters. The average molecular weight is 777 g/mol. The summed E-state index contributed by atoms with van der Waals surface area (Å²) in [5.41, 5.74) is -4.09. The van der Waals surface area contributed by atoms with E-state index in [-0.39, 0.29) is 53.9 Å². The van der Waals surface area contributed by atoms with Crippen LogP contribution in [0.1, 0.15) is 71.4 Å². The van der Waals surface area contributed by atoms with Crippen LogP contribution in [0, 0.1) is 28.8 Å². The molecule has 4 aromatic rings. The molecular weight excluding hydrogens is 744 g/mol. The minimum Gasteiger partial charge on any atom is -0.349 e. The van der Waals surface area contributed by atoms with Gasteiger partial charge in [-0.2, -0.15) is 32.3 Å². The van der Waals surface area contributed by atoms with Crippen molar-refractivity contribution in [2.45, 2.75) is 69.9 Å². The summed E-state index contributed by atoms with van der Waals surface area (Å²) in [4.78, 5) is 47.3. The number of likely N-dealkylation sites (tertiary alicyclic amines) is 1. The van der Waals surface area contributed by atoms with Crippen molar-refractivity contribution in [2.75, 3.05) is 20.1 Å². The zero-order chi connectivity index (χ0) is 40.1. The maximum absolute atomic E-state index is 15.5. The van der Waals surface area contributed by atoms with Gasteiger partial charge in [-0.25, -0.2) is 22.8 Å². The number of carbonyl (C=O) groups excluding carboxylic acids is 3. The second kappa shape index (κ2) is 14.5. The van der Waals surface area contributed by atoms with E-state index in [4.69, 9.17) is 5.26 Å². The molecule has 0 spiro atoms. The van der Waals surface area contributed by atoms with Crippen LogP contribution in [0.5, 0.6) is 0 Å². The van der Waals surface area contributed by atoms with Crippen LogP contribution in [0.3, 0.4) is 0 Å². The van der Waals surface area contributed by atoms with E-state index < -0.39 is 88.8 Å². The highest BCUT2D eigenvalue weighted by Gasteiger charge is 2.42. The smallest absolute Gasteiger partial charge is 0.349 e. The number of carbonyl (C=O) groups is 3. The summed E-state index contributed by atoms with van der Waals surface area (Å²) in [5, 5.41) is 15.4. The lowest BCUT2D eigenvalue weighted by Gasteiger charge is -2.37. The number of fused-ring (bicyclic) bond motifs is 1. The van der Waals surface area contributed by atoms with Gasteiger partial charge in [0.2, 0.25) is 11.8 Å². The van der Waals surface area contributed by atoms with Gasteiger partial charge >= 0.3 is 12.7 Å². The van der Waals surface area contributed by atoms with E-state index in [2.05, 4.69) is 15.4 Å². The third-order valence-corrected chi connectivity index (χ3v) is 9.67. The van der Waals surface area contributed by atoms with E-state index in [1.807, 2.05) is 0 Å². The van der Waals surface area contributed by atoms with Crippen LogP contribution >= 0.6 is 0 Å². The predicted octanol–water partition coefficient (Wildman–Crippen LogP) is 5.60. The molecule has 0 saturated carbocycles. The van der Waals surface area contributed by atoms with Gasteiger partial charge in [-0.1, -0.05) is 6.07 Å². The Morgan fingerprint density at radius 1 is 1.04 bits per heavy atom. The lowest BCUT2D eigenvalue weighted by atomic mass is 9.88. The number of rotatable bonds is 10. The van der Waals surface area contributed by atoms with E-state index >= 15 is 8.78 Å². The molecule has 55 heavy (non-hydrogen) atoms. The Morgan fingerprint density at radius 3 is 2.38 bits per heavy atom. The van der Waals surface area contributed by atoms with Gasteiger partial charge in [0, 0.05) is 56.5 Å². The van der Waals surface area contributed by atoms with Crippen LogP contribution in [0.2, 0.25) is 0 Å². The lowest BCUT2D eigenvalue weighted by molar-refractivity contribution is -0.141. The van der Waals surface area contributed by atoms with Gasteiger partial charge in [0.1, 0.15) is 41.4 Å². The van der Waals surface area contributed by atoms with E-state index in [9.17, 15) is 40.7 Å². The van der Waals surface area contributed by atoms with Crippen molar-refractivity contribution in [1.82, 2.24) is 34.4 Å². The van der Waals surface area contributed by atoms with Crippen LogP contribution in [0.4, 0.5) is 35.1 Å². The first-order valence-corrected chi connectivity index (χ1v) is 16.8. The zero-order valence-corrected chi connectivity index (χ0v) is 29.4. The number of hydrogen-bond acceptors (Lipinski definition) is 6. The number of aromatic nitrogens is 4. The van der Waals surface area contributed by atoms with E-state index in [0.29, 0.717) is 17.3 Å². The molecule has 290 valence electrons. The molecule has 6 rings (SSSR count). The first-order valence-electron chi connectivity index (χ1n) is 16.8. The molecule has 1 N–H and O–H groups in total. The summed E-state index contributed by atoms with van der Waals surface area (Å²) in [6.45, 7) is -0.103. The lowest BCUT2D eigenvalue weighted by Crippen LogP contribution is -2.57. The fraction of sp³-hybridized carbons (Fsp3) is 0.389. The van der Waals surface area contributed by atoms with Gasteiger partial charge in [-0.3, -0.25) is 14.4 Å². The number of amides is 3. The number of alkyl halides is 5. The highest BCUT2D eigenvalue weighted by atomic mass is 19.4. The van der Waals surface area contributed by atoms with Gasteiger partial charge in [0.05, 0.1) is 17.3 Å². The molecule has 0 aliphatic carbocycles. The van der Waals surface area contributed by atoms with E-state index in [1.165, 1.54) is 31.9 Å². The number of imidazole rings is 1. The topological polar surface area (TPSA) is 129 Å². The van der Waals surface area contributed by atoms with Crippen molar-refractivity contribution in [2.24, 2.45) is 0 Å². The molecule has 3 amide bonds. The molecule has 1 saturated heterocycles. The molecule has 4 heterocycles. The Morgan fingerprint density at radius 2 is 1.76 bits per heavy atom. The summed E-state index contributed by atoms with van der Waals surface area (Å²) >= 11 is 0. The fourth-order valence-corrected chi connectivity index (χ4v) is 7.02. The summed E-state index contributed by atoms with van der Waals surface area (Å²) in [6, 6.07) is 2.44. The Hall–Kier alpha value is -5.80. The van der Waals surface area contributed by atoms with Crippen molar-refractivity contribution >= 4 is 17.7 Å². The standard InChI is InChI=1S/C36H32F8N8O3/c1-35(2,13-29-47-28(36(42,43)44)17-51(29)26-7-8-49(3)32(26)54)48-31(53)27(10-18-15-46-52(16-18)34(40)41)50-9-6-21-20(4-5-23(37)30(21)33(50)55)22-12-24(38)19(14-45)11-25(22)39/h4-5,11-12,15-17,26-27,34H,6-10,13H2,1-3H3,(H,48,53). The Balaban J connectivity index is 1.34. The average Bonchev–Trinajstić information content (AvgIpc) is 3.83. The van der Waals surface area contributed by atoms with Crippen LogP contribution in [-0.4, -0.2) is 78.6 Å². The Labute approximate surface area is 308 Å². The first kappa shape index (κ1) is 38.9. The summed E-state index contributed by atoms with van der Waals surface area (Å²) < 4.78 is 115. The number of halogens is 8. The molecule has 1 fully saturated rings. The van der Waals surface area contributed by atoms with Crippen molar-refractivity contribution < 1.29 is 49.5 Å². The van der Waals surface area contributed by atoms with Gasteiger partial charge in [0.15, 0.2) is 5.69 Å². The molecule has 2 aliphatic heterocycles. The van der Waals surface area contributed by atoms with Crippen molar-refractivity contribution in [3.8, 4) is 17.2 Å². The van der Waals surface area contributed by atoms with Crippen LogP contribution in [0.15, 0.2) is 42.9 Å². The number of likely N-dealkylation sites (N-methyl/N-ethyl adjacent to an activating group) is 1. The molecule has 2 aliphatic rings. The number of nitriles is 1. The monoisotopic (exact) mass is 776 g/mol. The number of hydrogen-bond donors (Lipinski definition) is 1. The Kier molecular flexibility index (Phi) is 10.2. The van der Waals surface area contributed by atoms with E-state index in [1.54, 1.807) is 0 Å². The molecule has 11 nitrogen and oxygen atoms in total. The quantitative estimate of drug-likeness (QED) is 0.209. The third kappa shape index (κ3) is 7.62. The summed E-state index contributed by atoms with van der Waals surface area (Å²) in [6.07, 6.45) is -2.84. The summed E-state index contributed by atoms with van der Waals surface area (Å²) in [5.74, 6) is -5.63. The SMILES string of the molecule is CN1CCC(n2cc(C(F)(F)F)nc2CC(C)(C)NC(=O)C(Cc2cnn(C(F)F)c2)N2CCc3c(-c4cc(F)c(C#N)cc4F)ccc(F)c3C2=O)C1=O.